The summed E-state index contributed by atoms with van der Waals surface area (Å²) in [7, 11) is 4.16. The van der Waals surface area contributed by atoms with Gasteiger partial charge in [-0.3, -0.25) is 0 Å². The number of aryl methyl sites for hydroxylation is 1. The molecule has 0 aromatic heterocycles. The normalized spacial score (nSPS) is 25.0. The molecule has 0 heterocycles. The maximum absolute atomic E-state index is 12.1. The predicted octanol–water partition coefficient (Wildman–Crippen LogP) is 5.28. The smallest absolute Gasteiger partial charge is 0.115 e. The molecule has 1 saturated carbocycles. The molecule has 1 fully saturated rings. The van der Waals surface area contributed by atoms with Gasteiger partial charge in [0.1, 0.15) is 5.60 Å². The van der Waals surface area contributed by atoms with Gasteiger partial charge < -0.3 is 10.0 Å². The van der Waals surface area contributed by atoms with Crippen molar-refractivity contribution < 1.29 is 5.11 Å². The lowest BCUT2D eigenvalue weighted by Crippen LogP contribution is -2.45. The fraction of sp³-hybridized carbons (Fsp3) is 0.391. The van der Waals surface area contributed by atoms with Crippen LogP contribution in [0.25, 0.3) is 6.08 Å². The van der Waals surface area contributed by atoms with Gasteiger partial charge in [-0.1, -0.05) is 54.1 Å². The van der Waals surface area contributed by atoms with E-state index in [4.69, 9.17) is 11.6 Å². The summed E-state index contributed by atoms with van der Waals surface area (Å²) in [5.41, 5.74) is 3.43. The summed E-state index contributed by atoms with van der Waals surface area (Å²) in [4.78, 5) is 2.18. The fourth-order valence-corrected chi connectivity index (χ4v) is 4.33. The summed E-state index contributed by atoms with van der Waals surface area (Å²) >= 11 is 6.03. The van der Waals surface area contributed by atoms with Crippen LogP contribution in [0, 0.1) is 12.8 Å². The molecule has 2 atom stereocenters. The first-order chi connectivity index (χ1) is 12.4. The lowest BCUT2D eigenvalue weighted by Gasteiger charge is -2.44. The minimum atomic E-state index is -0.937. The average Bonchev–Trinajstić information content (AvgIpc) is 2.60. The topological polar surface area (TPSA) is 23.5 Å². The number of halogens is 1. The van der Waals surface area contributed by atoms with Gasteiger partial charge in [-0.25, -0.2) is 0 Å². The zero-order chi connectivity index (χ0) is 18.7. The van der Waals surface area contributed by atoms with Gasteiger partial charge in [0.25, 0.3) is 0 Å². The molecule has 1 N–H and O–H groups in total. The first-order valence-electron chi connectivity index (χ1n) is 9.31. The lowest BCUT2D eigenvalue weighted by atomic mass is 9.67. The molecule has 0 bridgehead atoms. The van der Waals surface area contributed by atoms with Gasteiger partial charge in [0.2, 0.25) is 0 Å². The summed E-state index contributed by atoms with van der Waals surface area (Å²) in [5, 5.41) is 12.8. The second-order valence-electron chi connectivity index (χ2n) is 7.65. The Hall–Kier alpha value is -1.61. The molecule has 1 aliphatic carbocycles. The zero-order valence-corrected chi connectivity index (χ0v) is 16.6. The van der Waals surface area contributed by atoms with Crippen LogP contribution in [-0.2, 0) is 5.60 Å². The molecular formula is C23H28ClNO. The van der Waals surface area contributed by atoms with E-state index in [0.29, 0.717) is 0 Å². The van der Waals surface area contributed by atoms with Gasteiger partial charge in [-0.15, -0.1) is 0 Å². The molecule has 1 aliphatic rings. The maximum atomic E-state index is 12.1. The van der Waals surface area contributed by atoms with E-state index in [2.05, 4.69) is 44.1 Å². The van der Waals surface area contributed by atoms with E-state index in [9.17, 15) is 5.11 Å². The van der Waals surface area contributed by atoms with E-state index in [1.54, 1.807) is 0 Å². The summed E-state index contributed by atoms with van der Waals surface area (Å²) in [6.45, 7) is 2.96. The Morgan fingerprint density at radius 2 is 1.85 bits per heavy atom. The molecule has 138 valence electrons. The van der Waals surface area contributed by atoms with Crippen LogP contribution in [0.2, 0.25) is 5.02 Å². The lowest BCUT2D eigenvalue weighted by molar-refractivity contribution is -0.0178. The first kappa shape index (κ1) is 19.2. The highest BCUT2D eigenvalue weighted by molar-refractivity contribution is 6.30. The van der Waals surface area contributed by atoms with Crippen LogP contribution < -0.4 is 0 Å². The van der Waals surface area contributed by atoms with Gasteiger partial charge in [0.15, 0.2) is 0 Å². The molecule has 2 aromatic rings. The van der Waals surface area contributed by atoms with Gasteiger partial charge >= 0.3 is 0 Å². The maximum Gasteiger partial charge on any atom is 0.115 e. The molecule has 2 nitrogen and oxygen atoms in total. The minimum Gasteiger partial charge on any atom is -0.380 e. The Morgan fingerprint density at radius 1 is 1.15 bits per heavy atom. The Kier molecular flexibility index (Phi) is 5.86. The van der Waals surface area contributed by atoms with E-state index < -0.39 is 5.60 Å². The molecule has 3 rings (SSSR count). The third kappa shape index (κ3) is 3.88. The summed E-state index contributed by atoms with van der Waals surface area (Å²) in [5.74, 6) is 0.172. The number of rotatable bonds is 4. The molecule has 0 amide bonds. The third-order valence-electron chi connectivity index (χ3n) is 5.43. The van der Waals surface area contributed by atoms with Crippen molar-refractivity contribution in [1.82, 2.24) is 4.90 Å². The van der Waals surface area contributed by atoms with E-state index >= 15 is 0 Å². The molecule has 0 radical (unpaired) electrons. The largest absolute Gasteiger partial charge is 0.380 e. The third-order valence-corrected chi connectivity index (χ3v) is 5.68. The van der Waals surface area contributed by atoms with E-state index in [0.717, 1.165) is 53.1 Å². The molecule has 0 spiro atoms. The first-order valence-corrected chi connectivity index (χ1v) is 9.69. The highest BCUT2D eigenvalue weighted by atomic mass is 35.5. The van der Waals surface area contributed by atoms with Crippen LogP contribution in [0.15, 0.2) is 54.1 Å². The number of hydrogen-bond acceptors (Lipinski definition) is 2. The Bertz CT molecular complexity index is 781. The Labute approximate surface area is 162 Å². The van der Waals surface area contributed by atoms with E-state index in [1.165, 1.54) is 0 Å². The molecule has 0 aliphatic heterocycles. The standard InChI is InChI=1S/C23H28ClNO/c1-17-7-4-5-10-22(17)23(26)19(8-6-9-20(23)16-25(2)3)15-18-11-13-21(24)14-12-18/h4-5,7,10-15,20,26H,6,8-9,16H2,1-3H3/b19-15-. The Morgan fingerprint density at radius 3 is 2.50 bits per heavy atom. The van der Waals surface area contributed by atoms with Crippen molar-refractivity contribution in [3.8, 4) is 0 Å². The van der Waals surface area contributed by atoms with Crippen LogP contribution in [0.4, 0.5) is 0 Å². The van der Waals surface area contributed by atoms with Crippen molar-refractivity contribution in [2.75, 3.05) is 20.6 Å². The second-order valence-corrected chi connectivity index (χ2v) is 8.09. The predicted molar refractivity (Wildman–Crippen MR) is 110 cm³/mol. The molecule has 0 saturated heterocycles. The Balaban J connectivity index is 2.11. The van der Waals surface area contributed by atoms with Crippen LogP contribution in [0.3, 0.4) is 0 Å². The number of aliphatic hydroxyl groups is 1. The minimum absolute atomic E-state index is 0.172. The summed E-state index contributed by atoms with van der Waals surface area (Å²) in [6.07, 6.45) is 5.20. The van der Waals surface area contributed by atoms with Crippen LogP contribution in [-0.4, -0.2) is 30.6 Å². The van der Waals surface area contributed by atoms with Crippen molar-refractivity contribution in [3.05, 3.63) is 75.8 Å². The summed E-state index contributed by atoms with van der Waals surface area (Å²) < 4.78 is 0. The van der Waals surface area contributed by atoms with Crippen LogP contribution in [0.5, 0.6) is 0 Å². The molecule has 2 aromatic carbocycles. The fourth-order valence-electron chi connectivity index (χ4n) is 4.20. The highest BCUT2D eigenvalue weighted by Gasteiger charge is 2.44. The SMILES string of the molecule is Cc1ccccc1C1(O)/C(=C\c2ccc(Cl)cc2)CCCC1CN(C)C. The average molecular weight is 370 g/mol. The number of hydrogen-bond donors (Lipinski definition) is 1. The van der Waals surface area contributed by atoms with Gasteiger partial charge in [0, 0.05) is 17.5 Å². The van der Waals surface area contributed by atoms with Crippen LogP contribution >= 0.6 is 11.6 Å². The number of benzene rings is 2. The van der Waals surface area contributed by atoms with E-state index in [1.807, 2.05) is 36.4 Å². The van der Waals surface area contributed by atoms with E-state index in [-0.39, 0.29) is 5.92 Å². The van der Waals surface area contributed by atoms with Crippen molar-refractivity contribution >= 4 is 17.7 Å². The second kappa shape index (κ2) is 7.96. The highest BCUT2D eigenvalue weighted by Crippen LogP contribution is 2.47. The molecule has 3 heteroatoms. The van der Waals surface area contributed by atoms with Crippen molar-refractivity contribution in [3.63, 3.8) is 0 Å². The van der Waals surface area contributed by atoms with Crippen molar-refractivity contribution in [2.24, 2.45) is 5.92 Å². The zero-order valence-electron chi connectivity index (χ0n) is 15.9. The monoisotopic (exact) mass is 369 g/mol. The molecular weight excluding hydrogens is 342 g/mol. The van der Waals surface area contributed by atoms with Crippen molar-refractivity contribution in [1.29, 1.82) is 0 Å². The van der Waals surface area contributed by atoms with Crippen LogP contribution in [0.1, 0.15) is 36.0 Å². The van der Waals surface area contributed by atoms with Gasteiger partial charge in [0.05, 0.1) is 0 Å². The quantitative estimate of drug-likeness (QED) is 0.792. The van der Waals surface area contributed by atoms with Gasteiger partial charge in [-0.2, -0.15) is 0 Å². The summed E-state index contributed by atoms with van der Waals surface area (Å²) in [6, 6.07) is 16.1. The number of nitrogens with zero attached hydrogens (tertiary/aromatic N) is 1. The molecule has 26 heavy (non-hydrogen) atoms. The molecule has 2 unspecified atom stereocenters. The van der Waals surface area contributed by atoms with Crippen molar-refractivity contribution in [2.45, 2.75) is 31.8 Å². The van der Waals surface area contributed by atoms with Gasteiger partial charge in [-0.05, 0) is 74.7 Å².